The third-order valence-corrected chi connectivity index (χ3v) is 4.18. The second-order valence-electron chi connectivity index (χ2n) is 6.99. The Morgan fingerprint density at radius 1 is 1.03 bits per heavy atom. The van der Waals surface area contributed by atoms with E-state index >= 15 is 0 Å². The molecule has 1 aromatic carbocycles. The van der Waals surface area contributed by atoms with E-state index in [9.17, 15) is 35.9 Å². The van der Waals surface area contributed by atoms with E-state index < -0.39 is 52.7 Å². The van der Waals surface area contributed by atoms with Crippen LogP contribution in [0.2, 0.25) is 0 Å². The number of halogens is 6. The number of hydrogen-bond acceptors (Lipinski definition) is 4. The average Bonchev–Trinajstić information content (AvgIpc) is 3.17. The first-order chi connectivity index (χ1) is 14.7. The highest BCUT2D eigenvalue weighted by Crippen LogP contribution is 2.37. The van der Waals surface area contributed by atoms with Crippen molar-refractivity contribution >= 4 is 18.0 Å². The second-order valence-corrected chi connectivity index (χ2v) is 6.99. The number of carbonyl (C=O) groups is 2. The average molecular weight is 465 g/mol. The Kier molecular flexibility index (Phi) is 7.28. The van der Waals surface area contributed by atoms with Gasteiger partial charge in [0.15, 0.2) is 11.9 Å². The van der Waals surface area contributed by atoms with Crippen molar-refractivity contribution in [3.63, 3.8) is 0 Å². The fourth-order valence-corrected chi connectivity index (χ4v) is 2.27. The molecule has 0 saturated heterocycles. The van der Waals surface area contributed by atoms with Crippen LogP contribution in [0, 0.1) is 5.92 Å². The zero-order valence-electron chi connectivity index (χ0n) is 16.8. The Hall–Kier alpha value is -3.42. The Morgan fingerprint density at radius 2 is 1.59 bits per heavy atom. The first-order valence-corrected chi connectivity index (χ1v) is 9.00. The van der Waals surface area contributed by atoms with E-state index in [1.807, 2.05) is 0 Å². The highest BCUT2D eigenvalue weighted by Gasteiger charge is 2.37. The van der Waals surface area contributed by atoms with E-state index in [0.717, 1.165) is 23.3 Å². The minimum Gasteiger partial charge on any atom is -0.347 e. The van der Waals surface area contributed by atoms with Crippen LogP contribution in [-0.4, -0.2) is 32.6 Å². The Bertz CT molecular complexity index is 980. The van der Waals surface area contributed by atoms with Crippen LogP contribution < -0.4 is 16.6 Å². The normalized spacial score (nSPS) is 13.4. The number of quaternary nitrogens is 1. The molecule has 1 aromatic heterocycles. The lowest BCUT2D eigenvalue weighted by molar-refractivity contribution is -0.414. The summed E-state index contributed by atoms with van der Waals surface area (Å²) in [5.41, 5.74) is 4.38. The first-order valence-electron chi connectivity index (χ1n) is 9.00. The van der Waals surface area contributed by atoms with Gasteiger partial charge in [-0.3, -0.25) is 20.4 Å². The van der Waals surface area contributed by atoms with Crippen molar-refractivity contribution in [2.24, 2.45) is 5.92 Å². The minimum absolute atomic E-state index is 0.00527. The van der Waals surface area contributed by atoms with E-state index in [0.29, 0.717) is 12.1 Å². The molecule has 1 heterocycles. The monoisotopic (exact) mass is 465 g/mol. The zero-order chi connectivity index (χ0) is 24.3. The predicted molar refractivity (Wildman–Crippen MR) is 98.6 cm³/mol. The third-order valence-electron chi connectivity index (χ3n) is 4.18. The van der Waals surface area contributed by atoms with Crippen molar-refractivity contribution in [3.05, 3.63) is 41.7 Å². The molecule has 0 fully saturated rings. The van der Waals surface area contributed by atoms with E-state index in [1.54, 1.807) is 13.8 Å². The van der Waals surface area contributed by atoms with Gasteiger partial charge in [0, 0.05) is 23.8 Å². The molecule has 0 aliphatic carbocycles. The van der Waals surface area contributed by atoms with Crippen LogP contribution in [0.3, 0.4) is 0 Å². The zero-order valence-corrected chi connectivity index (χ0v) is 16.8. The number of amides is 2. The number of hydrogen-bond donors (Lipinski definition) is 3. The Labute approximate surface area is 177 Å². The number of rotatable bonds is 5. The van der Waals surface area contributed by atoms with E-state index in [2.05, 4.69) is 26.7 Å². The number of alkyl halides is 6. The molecule has 1 atom stereocenters. The lowest BCUT2D eigenvalue weighted by Crippen LogP contribution is -2.71. The molecule has 32 heavy (non-hydrogen) atoms. The molecule has 2 amide bonds. The highest BCUT2D eigenvalue weighted by molar-refractivity contribution is 5.92. The molecule has 1 unspecified atom stereocenters. The maximum absolute atomic E-state index is 13.0. The Morgan fingerprint density at radius 3 is 2.09 bits per heavy atom. The van der Waals surface area contributed by atoms with Crippen LogP contribution in [0.4, 0.5) is 26.3 Å². The van der Waals surface area contributed by atoms with Gasteiger partial charge in [-0.25, -0.2) is 9.67 Å². The minimum atomic E-state index is -5.01. The molecule has 0 radical (unpaired) electrons. The lowest BCUT2D eigenvalue weighted by atomic mass is 10.0. The summed E-state index contributed by atoms with van der Waals surface area (Å²) in [5, 5.41) is 3.75. The van der Waals surface area contributed by atoms with Gasteiger partial charge in [0.25, 0.3) is 11.8 Å². The summed E-state index contributed by atoms with van der Waals surface area (Å²) in [6, 6.07) is 0.371. The van der Waals surface area contributed by atoms with E-state index in [-0.39, 0.29) is 12.0 Å². The van der Waals surface area contributed by atoms with Gasteiger partial charge in [-0.05, 0) is 18.2 Å². The van der Waals surface area contributed by atoms with Gasteiger partial charge in [-0.15, -0.1) is 5.10 Å². The van der Waals surface area contributed by atoms with Crippen LogP contribution in [0.25, 0.3) is 17.6 Å². The molecule has 0 aliphatic heterocycles. The van der Waals surface area contributed by atoms with Crippen LogP contribution in [0.15, 0.2) is 30.6 Å². The van der Waals surface area contributed by atoms with E-state index in [1.165, 1.54) is 0 Å². The summed E-state index contributed by atoms with van der Waals surface area (Å²) in [4.78, 5) is 27.2. The van der Waals surface area contributed by atoms with Crippen LogP contribution >= 0.6 is 0 Å². The SMILES string of the molecule is CC(C)C([NH3+])C(=O)NNC(=O)/C=C\n1cnc(-c2cc(C(F)(F)F)cc(C(F)(F)F)c2)n1. The number of nitrogens with zero attached hydrogens (tertiary/aromatic N) is 3. The van der Waals surface area contributed by atoms with Crippen LogP contribution in [0.5, 0.6) is 0 Å². The molecular formula is C18H19F6N6O2+. The first kappa shape index (κ1) is 24.8. The van der Waals surface area contributed by atoms with Crippen molar-refractivity contribution in [1.29, 1.82) is 0 Å². The van der Waals surface area contributed by atoms with Crippen molar-refractivity contribution < 1.29 is 41.7 Å². The number of aromatic nitrogens is 3. The fourth-order valence-electron chi connectivity index (χ4n) is 2.27. The van der Waals surface area contributed by atoms with Gasteiger partial charge in [0.05, 0.1) is 11.1 Å². The number of benzene rings is 1. The van der Waals surface area contributed by atoms with Gasteiger partial charge in [0.1, 0.15) is 6.33 Å². The summed E-state index contributed by atoms with van der Waals surface area (Å²) < 4.78 is 78.8. The number of hydrazine groups is 1. The van der Waals surface area contributed by atoms with Crippen LogP contribution in [-0.2, 0) is 21.9 Å². The van der Waals surface area contributed by atoms with Crippen molar-refractivity contribution in [1.82, 2.24) is 25.6 Å². The van der Waals surface area contributed by atoms with Gasteiger partial charge < -0.3 is 5.73 Å². The standard InChI is InChI=1S/C18H18F6N6O2/c1-9(2)14(25)16(32)28-27-13(31)3-4-30-8-26-15(29-30)10-5-11(17(19,20)21)7-12(6-10)18(22,23)24/h3-9,14H,25H2,1-2H3,(H,27,31)(H,28,32)/p+1/b4-3-. The number of carbonyl (C=O) groups excluding carboxylic acids is 2. The van der Waals surface area contributed by atoms with Gasteiger partial charge in [0.2, 0.25) is 0 Å². The summed E-state index contributed by atoms with van der Waals surface area (Å²) in [6.45, 7) is 3.53. The molecule has 0 spiro atoms. The van der Waals surface area contributed by atoms with Crippen molar-refractivity contribution in [3.8, 4) is 11.4 Å². The molecule has 174 valence electrons. The third kappa shape index (κ3) is 6.54. The van der Waals surface area contributed by atoms with Gasteiger partial charge >= 0.3 is 12.4 Å². The fraction of sp³-hybridized carbons (Fsp3) is 0.333. The molecule has 0 bridgehead atoms. The van der Waals surface area contributed by atoms with Crippen molar-refractivity contribution in [2.75, 3.05) is 0 Å². The topological polar surface area (TPSA) is 117 Å². The lowest BCUT2D eigenvalue weighted by Gasteiger charge is -2.13. The molecular weight excluding hydrogens is 446 g/mol. The summed E-state index contributed by atoms with van der Waals surface area (Å²) in [7, 11) is 0. The van der Waals surface area contributed by atoms with Gasteiger partial charge in [-0.2, -0.15) is 26.3 Å². The van der Waals surface area contributed by atoms with Crippen LogP contribution in [0.1, 0.15) is 25.0 Å². The maximum atomic E-state index is 13.0. The quantitative estimate of drug-likeness (QED) is 0.355. The Balaban J connectivity index is 2.17. The predicted octanol–water partition coefficient (Wildman–Crippen LogP) is 1.87. The molecule has 14 heteroatoms. The molecule has 0 aliphatic rings. The van der Waals surface area contributed by atoms with Gasteiger partial charge in [-0.1, -0.05) is 13.8 Å². The molecule has 0 saturated carbocycles. The molecule has 5 N–H and O–H groups in total. The maximum Gasteiger partial charge on any atom is 0.416 e. The second kappa shape index (κ2) is 9.38. The molecule has 2 aromatic rings. The molecule has 2 rings (SSSR count). The molecule has 8 nitrogen and oxygen atoms in total. The number of nitrogens with one attached hydrogen (secondary N) is 2. The highest BCUT2D eigenvalue weighted by atomic mass is 19.4. The smallest absolute Gasteiger partial charge is 0.347 e. The summed E-state index contributed by atoms with van der Waals surface area (Å²) in [5.74, 6) is -1.78. The summed E-state index contributed by atoms with van der Waals surface area (Å²) in [6.07, 6.45) is -7.08. The van der Waals surface area contributed by atoms with E-state index in [4.69, 9.17) is 0 Å². The summed E-state index contributed by atoms with van der Waals surface area (Å²) >= 11 is 0. The largest absolute Gasteiger partial charge is 0.416 e. The van der Waals surface area contributed by atoms with Crippen molar-refractivity contribution in [2.45, 2.75) is 32.2 Å².